The SMILES string of the molecule is O=C(COc1ccc(Cl)cc1)NC1CCCN(Cc2cccnc2)C1. The summed E-state index contributed by atoms with van der Waals surface area (Å²) in [5.41, 5.74) is 1.19. The number of hydrogen-bond donors (Lipinski definition) is 1. The molecule has 0 spiro atoms. The summed E-state index contributed by atoms with van der Waals surface area (Å²) in [6, 6.07) is 11.2. The molecule has 2 heterocycles. The number of nitrogens with one attached hydrogen (secondary N) is 1. The van der Waals surface area contributed by atoms with Crippen LogP contribution in [0, 0.1) is 0 Å². The zero-order chi connectivity index (χ0) is 17.5. The van der Waals surface area contributed by atoms with Gasteiger partial charge in [0.25, 0.3) is 5.91 Å². The molecule has 1 saturated heterocycles. The molecule has 5 nitrogen and oxygen atoms in total. The van der Waals surface area contributed by atoms with E-state index in [-0.39, 0.29) is 18.6 Å². The van der Waals surface area contributed by atoms with E-state index in [1.165, 1.54) is 5.56 Å². The summed E-state index contributed by atoms with van der Waals surface area (Å²) in [7, 11) is 0. The van der Waals surface area contributed by atoms with Gasteiger partial charge < -0.3 is 10.1 Å². The molecule has 0 radical (unpaired) electrons. The third-order valence-electron chi connectivity index (χ3n) is 4.18. The standard InChI is InChI=1S/C19H22ClN3O2/c20-16-5-7-18(8-6-16)25-14-19(24)22-17-4-2-10-23(13-17)12-15-3-1-9-21-11-15/h1,3,5-9,11,17H,2,4,10,12-14H2,(H,22,24). The fraction of sp³-hybridized carbons (Fsp3) is 0.368. The minimum Gasteiger partial charge on any atom is -0.484 e. The highest BCUT2D eigenvalue weighted by molar-refractivity contribution is 6.30. The Kier molecular flexibility index (Phi) is 6.25. The van der Waals surface area contributed by atoms with Crippen LogP contribution in [0.1, 0.15) is 18.4 Å². The summed E-state index contributed by atoms with van der Waals surface area (Å²) < 4.78 is 5.49. The first-order valence-electron chi connectivity index (χ1n) is 8.48. The molecule has 0 saturated carbocycles. The molecule has 1 aliphatic heterocycles. The minimum absolute atomic E-state index is 0.0146. The molecular formula is C19H22ClN3O2. The number of amides is 1. The van der Waals surface area contributed by atoms with Crippen molar-refractivity contribution in [3.05, 3.63) is 59.4 Å². The number of carbonyl (C=O) groups is 1. The van der Waals surface area contributed by atoms with Crippen LogP contribution in [0.2, 0.25) is 5.02 Å². The summed E-state index contributed by atoms with van der Waals surface area (Å²) in [5, 5.41) is 3.71. The second-order valence-corrected chi connectivity index (χ2v) is 6.68. The van der Waals surface area contributed by atoms with Gasteiger partial charge in [-0.25, -0.2) is 0 Å². The topological polar surface area (TPSA) is 54.5 Å². The molecule has 6 heteroatoms. The molecule has 25 heavy (non-hydrogen) atoms. The van der Waals surface area contributed by atoms with Gasteiger partial charge in [0.1, 0.15) is 5.75 Å². The largest absolute Gasteiger partial charge is 0.484 e. The van der Waals surface area contributed by atoms with Gasteiger partial charge >= 0.3 is 0 Å². The molecule has 1 aromatic carbocycles. The lowest BCUT2D eigenvalue weighted by Gasteiger charge is -2.33. The van der Waals surface area contributed by atoms with Crippen molar-refractivity contribution < 1.29 is 9.53 Å². The molecule has 1 amide bonds. The maximum atomic E-state index is 12.1. The molecule has 2 aromatic rings. The average molecular weight is 360 g/mol. The van der Waals surface area contributed by atoms with Gasteiger partial charge in [-0.2, -0.15) is 0 Å². The summed E-state index contributed by atoms with van der Waals surface area (Å²) in [6.07, 6.45) is 5.74. The Bertz CT molecular complexity index is 679. The summed E-state index contributed by atoms with van der Waals surface area (Å²) in [6.45, 7) is 2.77. The highest BCUT2D eigenvalue weighted by Gasteiger charge is 2.21. The van der Waals surface area contributed by atoms with Crippen LogP contribution in [-0.4, -0.2) is 41.5 Å². The predicted molar refractivity (Wildman–Crippen MR) is 97.6 cm³/mol. The van der Waals surface area contributed by atoms with E-state index in [2.05, 4.69) is 21.3 Å². The maximum Gasteiger partial charge on any atom is 0.258 e. The first-order valence-corrected chi connectivity index (χ1v) is 8.86. The second-order valence-electron chi connectivity index (χ2n) is 6.25. The smallest absolute Gasteiger partial charge is 0.258 e. The number of piperidine rings is 1. The van der Waals surface area contributed by atoms with Crippen molar-refractivity contribution in [1.29, 1.82) is 0 Å². The second kappa shape index (κ2) is 8.83. The minimum atomic E-state index is -0.0943. The quantitative estimate of drug-likeness (QED) is 0.861. The first-order chi connectivity index (χ1) is 12.2. The molecular weight excluding hydrogens is 338 g/mol. The van der Waals surface area contributed by atoms with E-state index in [1.807, 2.05) is 12.3 Å². The van der Waals surface area contributed by atoms with Gasteiger partial charge in [0.15, 0.2) is 6.61 Å². The number of carbonyl (C=O) groups excluding carboxylic acids is 1. The number of benzene rings is 1. The van der Waals surface area contributed by atoms with Crippen LogP contribution < -0.4 is 10.1 Å². The van der Waals surface area contributed by atoms with Crippen molar-refractivity contribution >= 4 is 17.5 Å². The molecule has 1 N–H and O–H groups in total. The van der Waals surface area contributed by atoms with E-state index in [4.69, 9.17) is 16.3 Å². The van der Waals surface area contributed by atoms with Gasteiger partial charge in [-0.05, 0) is 55.3 Å². The number of hydrogen-bond acceptors (Lipinski definition) is 4. The highest BCUT2D eigenvalue weighted by Crippen LogP contribution is 2.16. The summed E-state index contributed by atoms with van der Waals surface area (Å²) >= 11 is 5.83. The Morgan fingerprint density at radius 2 is 2.16 bits per heavy atom. The third-order valence-corrected chi connectivity index (χ3v) is 4.44. The number of nitrogens with zero attached hydrogens (tertiary/aromatic N) is 2. The van der Waals surface area contributed by atoms with Gasteiger partial charge in [-0.3, -0.25) is 14.7 Å². The first kappa shape index (κ1) is 17.7. The van der Waals surface area contributed by atoms with Gasteiger partial charge in [0.05, 0.1) is 0 Å². The van der Waals surface area contributed by atoms with E-state index >= 15 is 0 Å². The van der Waals surface area contributed by atoms with Gasteiger partial charge in [-0.15, -0.1) is 0 Å². The number of halogens is 1. The zero-order valence-electron chi connectivity index (χ0n) is 14.0. The van der Waals surface area contributed by atoms with E-state index in [9.17, 15) is 4.79 Å². The molecule has 132 valence electrons. The molecule has 0 aliphatic carbocycles. The van der Waals surface area contributed by atoms with Crippen molar-refractivity contribution in [3.8, 4) is 5.75 Å². The lowest BCUT2D eigenvalue weighted by atomic mass is 10.1. The summed E-state index contributed by atoms with van der Waals surface area (Å²) in [5.74, 6) is 0.546. The van der Waals surface area contributed by atoms with E-state index in [0.29, 0.717) is 10.8 Å². The molecule has 1 aliphatic rings. The van der Waals surface area contributed by atoms with Crippen LogP contribution in [0.15, 0.2) is 48.8 Å². The van der Waals surface area contributed by atoms with E-state index in [1.54, 1.807) is 30.5 Å². The molecule has 1 atom stereocenters. The van der Waals surface area contributed by atoms with Crippen LogP contribution in [0.4, 0.5) is 0 Å². The number of ether oxygens (including phenoxy) is 1. The van der Waals surface area contributed by atoms with Crippen LogP contribution in [0.25, 0.3) is 0 Å². The summed E-state index contributed by atoms with van der Waals surface area (Å²) in [4.78, 5) is 18.6. The van der Waals surface area contributed by atoms with Crippen LogP contribution in [0.3, 0.4) is 0 Å². The Morgan fingerprint density at radius 3 is 2.92 bits per heavy atom. The number of aromatic nitrogens is 1. The van der Waals surface area contributed by atoms with Crippen molar-refractivity contribution in [2.24, 2.45) is 0 Å². The van der Waals surface area contributed by atoms with Gasteiger partial charge in [-0.1, -0.05) is 17.7 Å². The van der Waals surface area contributed by atoms with Crippen molar-refractivity contribution in [1.82, 2.24) is 15.2 Å². The van der Waals surface area contributed by atoms with Crippen molar-refractivity contribution in [3.63, 3.8) is 0 Å². The van der Waals surface area contributed by atoms with E-state index < -0.39 is 0 Å². The predicted octanol–water partition coefficient (Wildman–Crippen LogP) is 2.89. The monoisotopic (exact) mass is 359 g/mol. The van der Waals surface area contributed by atoms with Gasteiger partial charge in [0.2, 0.25) is 0 Å². The maximum absolute atomic E-state index is 12.1. The highest BCUT2D eigenvalue weighted by atomic mass is 35.5. The Balaban J connectivity index is 1.43. The lowest BCUT2D eigenvalue weighted by molar-refractivity contribution is -0.124. The van der Waals surface area contributed by atoms with Crippen LogP contribution in [-0.2, 0) is 11.3 Å². The van der Waals surface area contributed by atoms with Crippen molar-refractivity contribution in [2.45, 2.75) is 25.4 Å². The van der Waals surface area contributed by atoms with Crippen LogP contribution >= 0.6 is 11.6 Å². The average Bonchev–Trinajstić information content (AvgIpc) is 2.62. The van der Waals surface area contributed by atoms with Gasteiger partial charge in [0, 0.05) is 36.5 Å². The molecule has 0 bridgehead atoms. The Hall–Kier alpha value is -2.11. The normalized spacial score (nSPS) is 17.9. The molecule has 1 fully saturated rings. The van der Waals surface area contributed by atoms with E-state index in [0.717, 1.165) is 32.5 Å². The zero-order valence-corrected chi connectivity index (χ0v) is 14.8. The number of pyridine rings is 1. The Morgan fingerprint density at radius 1 is 1.32 bits per heavy atom. The number of rotatable bonds is 6. The number of likely N-dealkylation sites (tertiary alicyclic amines) is 1. The lowest BCUT2D eigenvalue weighted by Crippen LogP contribution is -2.48. The van der Waals surface area contributed by atoms with Crippen molar-refractivity contribution in [2.75, 3.05) is 19.7 Å². The fourth-order valence-electron chi connectivity index (χ4n) is 3.02. The third kappa shape index (κ3) is 5.73. The molecule has 1 unspecified atom stereocenters. The van der Waals surface area contributed by atoms with Crippen LogP contribution in [0.5, 0.6) is 5.75 Å². The Labute approximate surface area is 153 Å². The fourth-order valence-corrected chi connectivity index (χ4v) is 3.14. The molecule has 1 aromatic heterocycles. The molecule has 3 rings (SSSR count).